The second-order valence-corrected chi connectivity index (χ2v) is 3.99. The lowest BCUT2D eigenvalue weighted by Crippen LogP contribution is -2.02. The molecule has 0 fully saturated rings. The maximum absolute atomic E-state index is 11.6. The molecule has 0 spiro atoms. The van der Waals surface area contributed by atoms with Crippen LogP contribution in [0.25, 0.3) is 22.5 Å². The number of hydrogen-bond donors (Lipinski definition) is 1. The van der Waals surface area contributed by atoms with E-state index in [0.717, 1.165) is 5.56 Å². The van der Waals surface area contributed by atoms with E-state index in [1.165, 1.54) is 0 Å². The molecule has 0 atom stereocenters. The summed E-state index contributed by atoms with van der Waals surface area (Å²) in [6.45, 7) is 0. The molecule has 5 heteroatoms. The predicted octanol–water partition coefficient (Wildman–Crippen LogP) is 2.84. The van der Waals surface area contributed by atoms with Gasteiger partial charge in [0, 0.05) is 16.8 Å². The second kappa shape index (κ2) is 3.75. The molecule has 2 heterocycles. The van der Waals surface area contributed by atoms with E-state index in [4.69, 9.17) is 16.0 Å². The number of H-pyrrole nitrogens is 1. The van der Waals surface area contributed by atoms with E-state index in [1.807, 2.05) is 0 Å². The normalized spacial score (nSPS) is 10.9. The Kier molecular flexibility index (Phi) is 2.23. The van der Waals surface area contributed by atoms with Crippen molar-refractivity contribution in [2.24, 2.45) is 0 Å². The largest absolute Gasteiger partial charge is 0.402 e. The van der Waals surface area contributed by atoms with E-state index in [-0.39, 0.29) is 0 Å². The van der Waals surface area contributed by atoms with E-state index in [0.29, 0.717) is 21.9 Å². The quantitative estimate of drug-likeness (QED) is 0.718. The van der Waals surface area contributed by atoms with Gasteiger partial charge in [0.25, 0.3) is 0 Å². The molecule has 0 aliphatic heterocycles. The molecule has 3 aromatic rings. The summed E-state index contributed by atoms with van der Waals surface area (Å²) >= 11 is 5.79. The Hall–Kier alpha value is -2.07. The summed E-state index contributed by atoms with van der Waals surface area (Å²) in [5.41, 5.74) is 1.26. The first-order valence-electron chi connectivity index (χ1n) is 4.98. The smallest absolute Gasteiger partial charge is 0.363 e. The van der Waals surface area contributed by atoms with E-state index < -0.39 is 5.63 Å². The van der Waals surface area contributed by atoms with Gasteiger partial charge in [0.15, 0.2) is 5.52 Å². The zero-order valence-electron chi connectivity index (χ0n) is 8.61. The van der Waals surface area contributed by atoms with Gasteiger partial charge in [-0.2, -0.15) is 0 Å². The van der Waals surface area contributed by atoms with Crippen molar-refractivity contribution in [2.75, 3.05) is 0 Å². The molecule has 1 aromatic carbocycles. The summed E-state index contributed by atoms with van der Waals surface area (Å²) in [6, 6.07) is 8.68. The van der Waals surface area contributed by atoms with Crippen LogP contribution >= 0.6 is 11.6 Å². The van der Waals surface area contributed by atoms with Crippen LogP contribution in [0.15, 0.2) is 45.7 Å². The van der Waals surface area contributed by atoms with Crippen molar-refractivity contribution in [3.63, 3.8) is 0 Å². The second-order valence-electron chi connectivity index (χ2n) is 3.55. The molecule has 0 aliphatic rings. The number of nitrogens with one attached hydrogen (secondary N) is 1. The van der Waals surface area contributed by atoms with Gasteiger partial charge in [-0.05, 0) is 30.3 Å². The van der Waals surface area contributed by atoms with E-state index in [9.17, 15) is 4.79 Å². The first kappa shape index (κ1) is 10.1. The number of benzene rings is 1. The van der Waals surface area contributed by atoms with Crippen molar-refractivity contribution in [1.82, 2.24) is 9.97 Å². The fraction of sp³-hybridized carbons (Fsp3) is 0. The van der Waals surface area contributed by atoms with Crippen LogP contribution in [0.4, 0.5) is 0 Å². The average molecular weight is 247 g/mol. The summed E-state index contributed by atoms with van der Waals surface area (Å²) < 4.78 is 5.13. The van der Waals surface area contributed by atoms with Crippen LogP contribution in [-0.2, 0) is 0 Å². The average Bonchev–Trinajstić information content (AvgIpc) is 2.78. The summed E-state index contributed by atoms with van der Waals surface area (Å²) in [7, 11) is 0. The van der Waals surface area contributed by atoms with E-state index in [2.05, 4.69) is 9.97 Å². The maximum Gasteiger partial charge on any atom is 0.363 e. The van der Waals surface area contributed by atoms with Crippen LogP contribution in [-0.4, -0.2) is 9.97 Å². The molecule has 84 valence electrons. The number of nitrogens with zero attached hydrogens (tertiary/aromatic N) is 1. The Morgan fingerprint density at radius 3 is 2.71 bits per heavy atom. The highest BCUT2D eigenvalue weighted by Gasteiger charge is 2.08. The van der Waals surface area contributed by atoms with Crippen molar-refractivity contribution in [3.8, 4) is 11.5 Å². The SMILES string of the molecule is O=c1oc(-c2ccc(Cl)cc2)nc2cc[nH]c12. The van der Waals surface area contributed by atoms with Crippen molar-refractivity contribution in [3.05, 3.63) is 52.0 Å². The first-order valence-corrected chi connectivity index (χ1v) is 5.36. The van der Waals surface area contributed by atoms with Crippen molar-refractivity contribution < 1.29 is 4.42 Å². The van der Waals surface area contributed by atoms with Crippen LogP contribution < -0.4 is 5.63 Å². The van der Waals surface area contributed by atoms with Gasteiger partial charge < -0.3 is 9.40 Å². The Morgan fingerprint density at radius 2 is 1.94 bits per heavy atom. The summed E-state index contributed by atoms with van der Waals surface area (Å²) in [4.78, 5) is 18.7. The molecule has 0 saturated carbocycles. The molecule has 0 aliphatic carbocycles. The molecule has 4 nitrogen and oxygen atoms in total. The molecule has 0 unspecified atom stereocenters. The number of aromatic nitrogens is 2. The summed E-state index contributed by atoms with van der Waals surface area (Å²) in [5.74, 6) is 0.291. The lowest BCUT2D eigenvalue weighted by Gasteiger charge is -1.99. The molecule has 0 radical (unpaired) electrons. The van der Waals surface area contributed by atoms with E-state index >= 15 is 0 Å². The monoisotopic (exact) mass is 246 g/mol. The lowest BCUT2D eigenvalue weighted by atomic mass is 10.2. The highest BCUT2D eigenvalue weighted by atomic mass is 35.5. The molecule has 1 N–H and O–H groups in total. The van der Waals surface area contributed by atoms with Crippen LogP contribution in [0, 0.1) is 0 Å². The number of fused-ring (bicyclic) bond motifs is 1. The highest BCUT2D eigenvalue weighted by Crippen LogP contribution is 2.20. The molecule has 0 bridgehead atoms. The number of halogens is 1. The third kappa shape index (κ3) is 1.72. The van der Waals surface area contributed by atoms with Gasteiger partial charge >= 0.3 is 5.63 Å². The van der Waals surface area contributed by atoms with Crippen molar-refractivity contribution >= 4 is 22.6 Å². The maximum atomic E-state index is 11.6. The molecular formula is C12H7ClN2O2. The van der Waals surface area contributed by atoms with Gasteiger partial charge in [-0.1, -0.05) is 11.6 Å². The number of aromatic amines is 1. The standard InChI is InChI=1S/C12H7ClN2O2/c13-8-3-1-7(2-4-8)11-15-9-5-6-14-10(9)12(16)17-11/h1-6,14H. The minimum Gasteiger partial charge on any atom is -0.402 e. The topological polar surface area (TPSA) is 58.9 Å². The van der Waals surface area contributed by atoms with Crippen molar-refractivity contribution in [2.45, 2.75) is 0 Å². The Morgan fingerprint density at radius 1 is 1.18 bits per heavy atom. The first-order chi connectivity index (χ1) is 8.24. The van der Waals surface area contributed by atoms with Crippen LogP contribution in [0.5, 0.6) is 0 Å². The Balaban J connectivity index is 2.23. The number of hydrogen-bond acceptors (Lipinski definition) is 3. The van der Waals surface area contributed by atoms with Gasteiger partial charge in [-0.25, -0.2) is 9.78 Å². The fourth-order valence-electron chi connectivity index (χ4n) is 1.60. The predicted molar refractivity (Wildman–Crippen MR) is 65.1 cm³/mol. The van der Waals surface area contributed by atoms with Crippen LogP contribution in [0.2, 0.25) is 5.02 Å². The van der Waals surface area contributed by atoms with Crippen LogP contribution in [0.3, 0.4) is 0 Å². The molecule has 2 aromatic heterocycles. The fourth-order valence-corrected chi connectivity index (χ4v) is 1.73. The minimum atomic E-state index is -0.426. The number of rotatable bonds is 1. The van der Waals surface area contributed by atoms with Crippen molar-refractivity contribution in [1.29, 1.82) is 0 Å². The Bertz CT molecular complexity index is 728. The zero-order valence-corrected chi connectivity index (χ0v) is 9.36. The Labute approximate surface area is 101 Å². The summed E-state index contributed by atoms with van der Waals surface area (Å²) in [6.07, 6.45) is 1.65. The molecule has 0 amide bonds. The third-order valence-electron chi connectivity index (χ3n) is 2.43. The third-order valence-corrected chi connectivity index (χ3v) is 2.68. The molecule has 3 rings (SSSR count). The molecular weight excluding hydrogens is 240 g/mol. The zero-order chi connectivity index (χ0) is 11.8. The van der Waals surface area contributed by atoms with E-state index in [1.54, 1.807) is 36.5 Å². The lowest BCUT2D eigenvalue weighted by molar-refractivity contribution is 0.517. The van der Waals surface area contributed by atoms with Gasteiger partial charge in [0.2, 0.25) is 5.89 Å². The highest BCUT2D eigenvalue weighted by molar-refractivity contribution is 6.30. The molecule has 0 saturated heterocycles. The van der Waals surface area contributed by atoms with Gasteiger partial charge in [-0.3, -0.25) is 0 Å². The molecule has 17 heavy (non-hydrogen) atoms. The van der Waals surface area contributed by atoms with Gasteiger partial charge in [0.1, 0.15) is 0 Å². The van der Waals surface area contributed by atoms with Gasteiger partial charge in [0.05, 0.1) is 5.52 Å². The minimum absolute atomic E-state index is 0.291. The van der Waals surface area contributed by atoms with Gasteiger partial charge in [-0.15, -0.1) is 0 Å². The summed E-state index contributed by atoms with van der Waals surface area (Å²) in [5, 5.41) is 0.624. The van der Waals surface area contributed by atoms with Crippen LogP contribution in [0.1, 0.15) is 0 Å².